The summed E-state index contributed by atoms with van der Waals surface area (Å²) in [5, 5.41) is 0. The average Bonchev–Trinajstić information content (AvgIpc) is 1.88. The molecule has 1 heterocycles. The summed E-state index contributed by atoms with van der Waals surface area (Å²) in [5.74, 6) is 0. The molecular formula is C6H12I2N2. The van der Waals surface area contributed by atoms with Crippen LogP contribution in [0.5, 0.6) is 0 Å². The molecule has 4 heteroatoms. The lowest BCUT2D eigenvalue weighted by molar-refractivity contribution is 0.287. The fourth-order valence-corrected chi connectivity index (χ4v) is 2.30. The van der Waals surface area contributed by atoms with Gasteiger partial charge in [0.25, 0.3) is 0 Å². The molecule has 10 heavy (non-hydrogen) atoms. The van der Waals surface area contributed by atoms with Crippen molar-refractivity contribution >= 4 is 45.7 Å². The van der Waals surface area contributed by atoms with Crippen molar-refractivity contribution in [2.75, 3.05) is 20.1 Å². The molecule has 0 aromatic rings. The first-order valence-corrected chi connectivity index (χ1v) is 5.42. The Labute approximate surface area is 90.3 Å². The van der Waals surface area contributed by atoms with Gasteiger partial charge in [-0.1, -0.05) is 0 Å². The van der Waals surface area contributed by atoms with Gasteiger partial charge in [-0.05, 0) is 19.9 Å². The predicted molar refractivity (Wildman–Crippen MR) is 60.4 cm³/mol. The number of hydrogen-bond acceptors (Lipinski definition) is 2. The van der Waals surface area contributed by atoms with Crippen LogP contribution < -0.4 is 0 Å². The van der Waals surface area contributed by atoms with Gasteiger partial charge in [0, 0.05) is 64.9 Å². The Kier molecular flexibility index (Phi) is 4.18. The van der Waals surface area contributed by atoms with E-state index in [-0.39, 0.29) is 0 Å². The Bertz CT molecular complexity index is 99.9. The van der Waals surface area contributed by atoms with Gasteiger partial charge in [-0.25, -0.2) is 6.23 Å². The fourth-order valence-electron chi connectivity index (χ4n) is 1.19. The zero-order chi connectivity index (χ0) is 7.56. The van der Waals surface area contributed by atoms with Crippen molar-refractivity contribution in [3.63, 3.8) is 0 Å². The molecule has 0 N–H and O–H groups in total. The maximum absolute atomic E-state index is 2.40. The van der Waals surface area contributed by atoms with Gasteiger partial charge in [0.1, 0.15) is 0 Å². The molecule has 0 unspecified atom stereocenters. The molecule has 0 saturated carbocycles. The number of rotatable bonds is 1. The molecule has 1 saturated heterocycles. The Balaban J connectivity index is 2.26. The monoisotopic (exact) mass is 366 g/mol. The van der Waals surface area contributed by atoms with Crippen molar-refractivity contribution in [1.29, 1.82) is 0 Å². The minimum absolute atomic E-state index is 0.812. The van der Waals surface area contributed by atoms with Crippen LogP contribution in [0, 0.1) is 0 Å². The summed E-state index contributed by atoms with van der Waals surface area (Å²) in [7, 11) is 2.16. The first-order chi connectivity index (χ1) is 4.70. The third-order valence-electron chi connectivity index (χ3n) is 1.91. The first kappa shape index (κ1) is 9.47. The van der Waals surface area contributed by atoms with Crippen molar-refractivity contribution < 1.29 is 0 Å². The highest BCUT2D eigenvalue weighted by atomic mass is 127. The summed E-state index contributed by atoms with van der Waals surface area (Å²) in [6.07, 6.45) is 2.64. The van der Waals surface area contributed by atoms with Crippen LogP contribution in [-0.2, 0) is 0 Å². The minimum Gasteiger partial charge on any atom is -0.247 e. The van der Waals surface area contributed by atoms with Gasteiger partial charge in [-0.3, -0.25) is 0 Å². The predicted octanol–water partition coefficient (Wildman–Crippen LogP) is 2.08. The van der Waals surface area contributed by atoms with Crippen LogP contribution in [0.3, 0.4) is 0 Å². The minimum atomic E-state index is 0.812. The smallest absolute Gasteiger partial charge is 0.0216 e. The van der Waals surface area contributed by atoms with Crippen LogP contribution in [0.1, 0.15) is 12.8 Å². The summed E-state index contributed by atoms with van der Waals surface area (Å²) in [5.41, 5.74) is 0. The van der Waals surface area contributed by atoms with Gasteiger partial charge in [0.05, 0.1) is 0 Å². The second-order valence-electron chi connectivity index (χ2n) is 2.67. The van der Waals surface area contributed by atoms with Gasteiger partial charge < -0.3 is 0 Å². The SMILES string of the molecule is CN(I)C1CCN(I)CC1. The molecular weight excluding hydrogens is 354 g/mol. The van der Waals surface area contributed by atoms with Gasteiger partial charge in [-0.15, -0.1) is 0 Å². The summed E-state index contributed by atoms with van der Waals surface area (Å²) in [6.45, 7) is 2.50. The van der Waals surface area contributed by atoms with Crippen LogP contribution in [0.2, 0.25) is 0 Å². The molecule has 1 aliphatic rings. The highest BCUT2D eigenvalue weighted by molar-refractivity contribution is 14.1. The highest BCUT2D eigenvalue weighted by Gasteiger charge is 2.19. The van der Waals surface area contributed by atoms with E-state index in [1.54, 1.807) is 0 Å². The standard InChI is InChI=1S/C6H12I2N2/c1-9(7)6-2-4-10(8)5-3-6/h6H,2-5H2,1H3. The van der Waals surface area contributed by atoms with Crippen LogP contribution in [0.15, 0.2) is 0 Å². The van der Waals surface area contributed by atoms with E-state index in [2.05, 4.69) is 59.0 Å². The topological polar surface area (TPSA) is 6.48 Å². The van der Waals surface area contributed by atoms with Crippen LogP contribution in [-0.4, -0.2) is 32.4 Å². The molecule has 1 fully saturated rings. The van der Waals surface area contributed by atoms with E-state index in [0.29, 0.717) is 0 Å². The Morgan fingerprint density at radius 2 is 1.90 bits per heavy atom. The molecule has 0 spiro atoms. The van der Waals surface area contributed by atoms with Crippen LogP contribution in [0.25, 0.3) is 0 Å². The molecule has 0 bridgehead atoms. The average molecular weight is 366 g/mol. The lowest BCUT2D eigenvalue weighted by Crippen LogP contribution is -2.35. The van der Waals surface area contributed by atoms with Crippen molar-refractivity contribution in [3.05, 3.63) is 0 Å². The van der Waals surface area contributed by atoms with E-state index in [0.717, 1.165) is 6.04 Å². The maximum atomic E-state index is 2.40. The molecule has 2 nitrogen and oxygen atoms in total. The fraction of sp³-hybridized carbons (Fsp3) is 1.00. The number of nitrogens with zero attached hydrogens (tertiary/aromatic N) is 2. The molecule has 60 valence electrons. The van der Waals surface area contributed by atoms with E-state index < -0.39 is 0 Å². The summed E-state index contributed by atoms with van der Waals surface area (Å²) in [6, 6.07) is 0.812. The normalized spacial score (nSPS) is 24.0. The van der Waals surface area contributed by atoms with Gasteiger partial charge >= 0.3 is 0 Å². The molecule has 0 aliphatic carbocycles. The lowest BCUT2D eigenvalue weighted by atomic mass is 10.1. The molecule has 0 radical (unpaired) electrons. The quantitative estimate of drug-likeness (QED) is 0.518. The van der Waals surface area contributed by atoms with Gasteiger partial charge in [-0.2, -0.15) is 0 Å². The Morgan fingerprint density at radius 1 is 1.40 bits per heavy atom. The molecule has 0 aromatic heterocycles. The van der Waals surface area contributed by atoms with Crippen molar-refractivity contribution in [2.45, 2.75) is 18.9 Å². The van der Waals surface area contributed by atoms with E-state index in [9.17, 15) is 0 Å². The van der Waals surface area contributed by atoms with Gasteiger partial charge in [0.2, 0.25) is 0 Å². The molecule has 0 atom stereocenters. The maximum Gasteiger partial charge on any atom is 0.0216 e. The zero-order valence-electron chi connectivity index (χ0n) is 6.06. The van der Waals surface area contributed by atoms with Crippen LogP contribution >= 0.6 is 45.7 Å². The van der Waals surface area contributed by atoms with Crippen molar-refractivity contribution in [2.24, 2.45) is 0 Å². The number of halogens is 2. The third-order valence-corrected chi connectivity index (χ3v) is 3.67. The molecule has 0 amide bonds. The number of piperidine rings is 1. The molecule has 1 aliphatic heterocycles. The number of hydrogen-bond donors (Lipinski definition) is 0. The largest absolute Gasteiger partial charge is 0.247 e. The zero-order valence-corrected chi connectivity index (χ0v) is 10.4. The van der Waals surface area contributed by atoms with Gasteiger partial charge in [0.15, 0.2) is 0 Å². The second kappa shape index (κ2) is 4.42. The summed E-state index contributed by atoms with van der Waals surface area (Å²) in [4.78, 5) is 0. The Hall–Kier alpha value is 1.38. The lowest BCUT2D eigenvalue weighted by Gasteiger charge is -2.30. The Morgan fingerprint density at radius 3 is 2.30 bits per heavy atom. The summed E-state index contributed by atoms with van der Waals surface area (Å²) >= 11 is 4.78. The van der Waals surface area contributed by atoms with E-state index in [4.69, 9.17) is 0 Å². The third kappa shape index (κ3) is 2.78. The molecule has 1 rings (SSSR count). The summed E-state index contributed by atoms with van der Waals surface area (Å²) < 4.78 is 4.68. The molecule has 0 aromatic carbocycles. The van der Waals surface area contributed by atoms with E-state index in [1.807, 2.05) is 0 Å². The van der Waals surface area contributed by atoms with E-state index >= 15 is 0 Å². The van der Waals surface area contributed by atoms with E-state index in [1.165, 1.54) is 25.9 Å². The van der Waals surface area contributed by atoms with Crippen LogP contribution in [0.4, 0.5) is 0 Å². The second-order valence-corrected chi connectivity index (χ2v) is 5.55. The highest BCUT2D eigenvalue weighted by Crippen LogP contribution is 2.19. The van der Waals surface area contributed by atoms with Crippen molar-refractivity contribution in [1.82, 2.24) is 6.23 Å². The van der Waals surface area contributed by atoms with Crippen molar-refractivity contribution in [3.8, 4) is 0 Å². The first-order valence-electron chi connectivity index (χ1n) is 3.49.